The molecule has 0 bridgehead atoms. The number of benzene rings is 1. The van der Waals surface area contributed by atoms with Gasteiger partial charge in [-0.05, 0) is 36.8 Å². The molecule has 0 unspecified atom stereocenters. The van der Waals surface area contributed by atoms with E-state index in [2.05, 4.69) is 9.71 Å². The van der Waals surface area contributed by atoms with Crippen LogP contribution in [0.25, 0.3) is 0 Å². The quantitative estimate of drug-likeness (QED) is 0.900. The Kier molecular flexibility index (Phi) is 4.15. The number of halogens is 1. The number of carboxylic acids is 1. The minimum absolute atomic E-state index is 0.0512. The maximum Gasteiger partial charge on any atom is 0.339 e. The molecule has 0 amide bonds. The van der Waals surface area contributed by atoms with Gasteiger partial charge in [0, 0.05) is 6.20 Å². The van der Waals surface area contributed by atoms with Crippen LogP contribution in [0.1, 0.15) is 15.9 Å². The highest BCUT2D eigenvalue weighted by Crippen LogP contribution is 2.25. The molecule has 21 heavy (non-hydrogen) atoms. The van der Waals surface area contributed by atoms with Crippen LogP contribution in [0.3, 0.4) is 0 Å². The topological polar surface area (TPSA) is 96.4 Å². The predicted molar refractivity (Wildman–Crippen MR) is 78.2 cm³/mol. The summed E-state index contributed by atoms with van der Waals surface area (Å²) in [5.41, 5.74) is 0.562. The average Bonchev–Trinajstić information content (AvgIpc) is 2.37. The van der Waals surface area contributed by atoms with Crippen molar-refractivity contribution in [1.82, 2.24) is 4.98 Å². The molecule has 2 aromatic rings. The van der Waals surface area contributed by atoms with Crippen molar-refractivity contribution < 1.29 is 18.3 Å². The molecule has 0 saturated carbocycles. The first-order valence-corrected chi connectivity index (χ1v) is 7.64. The molecule has 0 aliphatic rings. The lowest BCUT2D eigenvalue weighted by Crippen LogP contribution is -2.17. The molecule has 0 saturated heterocycles. The third-order valence-electron chi connectivity index (χ3n) is 2.65. The van der Waals surface area contributed by atoms with Gasteiger partial charge in [-0.1, -0.05) is 17.7 Å². The number of carboxylic acid groups (broad SMARTS) is 1. The fourth-order valence-electron chi connectivity index (χ4n) is 1.67. The van der Waals surface area contributed by atoms with Gasteiger partial charge < -0.3 is 5.11 Å². The molecule has 0 aliphatic carbocycles. The van der Waals surface area contributed by atoms with Crippen LogP contribution >= 0.6 is 11.6 Å². The van der Waals surface area contributed by atoms with E-state index in [1.54, 1.807) is 13.0 Å². The van der Waals surface area contributed by atoms with E-state index in [4.69, 9.17) is 16.7 Å². The lowest BCUT2D eigenvalue weighted by atomic mass is 10.2. The molecular formula is C13H11ClN2O4S. The molecule has 0 radical (unpaired) electrons. The highest BCUT2D eigenvalue weighted by atomic mass is 35.5. The predicted octanol–water partition coefficient (Wildman–Crippen LogP) is 2.54. The average molecular weight is 327 g/mol. The fourth-order valence-corrected chi connectivity index (χ4v) is 3.30. The highest BCUT2D eigenvalue weighted by Gasteiger charge is 2.21. The first-order valence-electron chi connectivity index (χ1n) is 5.78. The minimum Gasteiger partial charge on any atom is -0.478 e. The monoisotopic (exact) mass is 326 g/mol. The summed E-state index contributed by atoms with van der Waals surface area (Å²) in [7, 11) is -4.02. The van der Waals surface area contributed by atoms with Crippen molar-refractivity contribution in [2.75, 3.05) is 4.72 Å². The zero-order chi connectivity index (χ0) is 15.6. The van der Waals surface area contributed by atoms with Crippen LogP contribution < -0.4 is 4.72 Å². The van der Waals surface area contributed by atoms with Gasteiger partial charge in [0.1, 0.15) is 10.5 Å². The van der Waals surface area contributed by atoms with Crippen LogP contribution in [-0.2, 0) is 10.0 Å². The molecule has 2 N–H and O–H groups in total. The zero-order valence-electron chi connectivity index (χ0n) is 10.9. The second-order valence-corrected chi connectivity index (χ2v) is 6.30. The van der Waals surface area contributed by atoms with E-state index >= 15 is 0 Å². The highest BCUT2D eigenvalue weighted by molar-refractivity contribution is 7.92. The van der Waals surface area contributed by atoms with E-state index in [9.17, 15) is 13.2 Å². The number of rotatable bonds is 4. The minimum atomic E-state index is -4.02. The molecule has 0 aliphatic heterocycles. The van der Waals surface area contributed by atoms with Crippen molar-refractivity contribution in [2.45, 2.75) is 11.8 Å². The summed E-state index contributed by atoms with van der Waals surface area (Å²) in [5.74, 6) is -1.54. The number of hydrogen-bond donors (Lipinski definition) is 2. The lowest BCUT2D eigenvalue weighted by Gasteiger charge is -2.10. The Morgan fingerprint density at radius 3 is 2.67 bits per heavy atom. The number of nitrogens with zero attached hydrogens (tertiary/aromatic N) is 1. The van der Waals surface area contributed by atoms with Gasteiger partial charge in [-0.3, -0.25) is 4.72 Å². The third-order valence-corrected chi connectivity index (χ3v) is 4.47. The van der Waals surface area contributed by atoms with Gasteiger partial charge >= 0.3 is 5.97 Å². The molecule has 0 atom stereocenters. The van der Waals surface area contributed by atoms with Gasteiger partial charge in [0.2, 0.25) is 0 Å². The van der Waals surface area contributed by atoms with E-state index in [1.807, 2.05) is 0 Å². The number of aromatic carboxylic acids is 1. The summed E-state index contributed by atoms with van der Waals surface area (Å²) in [4.78, 5) is 14.7. The largest absolute Gasteiger partial charge is 0.478 e. The Balaban J connectivity index is 2.45. The second-order valence-electron chi connectivity index (χ2n) is 4.24. The Hall–Kier alpha value is -2.12. The van der Waals surface area contributed by atoms with Gasteiger partial charge in [0.05, 0.1) is 5.02 Å². The summed E-state index contributed by atoms with van der Waals surface area (Å²) in [6, 6.07) is 7.11. The number of aryl methyl sites for hydroxylation is 1. The molecule has 0 fully saturated rings. The summed E-state index contributed by atoms with van der Waals surface area (Å²) < 4.78 is 26.7. The van der Waals surface area contributed by atoms with E-state index in [0.717, 1.165) is 5.56 Å². The van der Waals surface area contributed by atoms with Crippen molar-refractivity contribution in [1.29, 1.82) is 0 Å². The number of pyridine rings is 1. The standard InChI is InChI=1S/C13H11ClN2O4S/c1-8-4-5-11(10(14)7-8)21(19,20)16-12-9(13(17)18)3-2-6-15-12/h2-7H,1H3,(H,15,16)(H,17,18). The van der Waals surface area contributed by atoms with Gasteiger partial charge in [0.15, 0.2) is 5.82 Å². The molecule has 2 rings (SSSR count). The maximum absolute atomic E-state index is 12.3. The summed E-state index contributed by atoms with van der Waals surface area (Å²) in [6.45, 7) is 1.77. The van der Waals surface area contributed by atoms with Crippen LogP contribution in [0.5, 0.6) is 0 Å². The van der Waals surface area contributed by atoms with Gasteiger partial charge in [0.25, 0.3) is 10.0 Å². The number of nitrogens with one attached hydrogen (secondary N) is 1. The molecule has 0 spiro atoms. The van der Waals surface area contributed by atoms with Crippen molar-refractivity contribution in [3.63, 3.8) is 0 Å². The second kappa shape index (κ2) is 5.71. The maximum atomic E-state index is 12.3. The molecule has 1 aromatic heterocycles. The van der Waals surface area contributed by atoms with Gasteiger partial charge in [-0.15, -0.1) is 0 Å². The number of carbonyl (C=O) groups is 1. The van der Waals surface area contributed by atoms with E-state index < -0.39 is 16.0 Å². The molecule has 8 heteroatoms. The first-order chi connectivity index (χ1) is 9.81. The van der Waals surface area contributed by atoms with Crippen molar-refractivity contribution in [2.24, 2.45) is 0 Å². The first kappa shape index (κ1) is 15.3. The van der Waals surface area contributed by atoms with E-state index in [-0.39, 0.29) is 21.3 Å². The SMILES string of the molecule is Cc1ccc(S(=O)(=O)Nc2ncccc2C(=O)O)c(Cl)c1. The van der Waals surface area contributed by atoms with E-state index in [0.29, 0.717) is 0 Å². The van der Waals surface area contributed by atoms with Crippen LogP contribution in [-0.4, -0.2) is 24.5 Å². The lowest BCUT2D eigenvalue weighted by molar-refractivity contribution is 0.0697. The number of anilines is 1. The Labute approximate surface area is 126 Å². The number of aromatic nitrogens is 1. The van der Waals surface area contributed by atoms with Crippen molar-refractivity contribution in [3.05, 3.63) is 52.7 Å². The number of sulfonamides is 1. The smallest absolute Gasteiger partial charge is 0.339 e. The normalized spacial score (nSPS) is 11.1. The summed E-state index contributed by atoms with van der Waals surface area (Å²) in [6.07, 6.45) is 1.29. The Morgan fingerprint density at radius 1 is 1.33 bits per heavy atom. The molecule has 6 nitrogen and oxygen atoms in total. The molecule has 110 valence electrons. The van der Waals surface area contributed by atoms with Crippen LogP contribution in [0.4, 0.5) is 5.82 Å². The number of hydrogen-bond acceptors (Lipinski definition) is 4. The van der Waals surface area contributed by atoms with Crippen molar-refractivity contribution in [3.8, 4) is 0 Å². The molecule has 1 aromatic carbocycles. The summed E-state index contributed by atoms with van der Waals surface area (Å²) in [5, 5.41) is 9.07. The van der Waals surface area contributed by atoms with Crippen LogP contribution in [0.2, 0.25) is 5.02 Å². The zero-order valence-corrected chi connectivity index (χ0v) is 12.4. The van der Waals surface area contributed by atoms with Crippen LogP contribution in [0, 0.1) is 6.92 Å². The molecule has 1 heterocycles. The Bertz CT molecular complexity index is 806. The fraction of sp³-hybridized carbons (Fsp3) is 0.0769. The van der Waals surface area contributed by atoms with Crippen LogP contribution in [0.15, 0.2) is 41.4 Å². The van der Waals surface area contributed by atoms with Gasteiger partial charge in [-0.2, -0.15) is 0 Å². The Morgan fingerprint density at radius 2 is 2.05 bits per heavy atom. The van der Waals surface area contributed by atoms with Crippen molar-refractivity contribution >= 4 is 33.4 Å². The third kappa shape index (κ3) is 3.32. The van der Waals surface area contributed by atoms with Gasteiger partial charge in [-0.25, -0.2) is 18.2 Å². The summed E-state index contributed by atoms with van der Waals surface area (Å²) >= 11 is 5.93. The molecular weight excluding hydrogens is 316 g/mol. The van der Waals surface area contributed by atoms with E-state index in [1.165, 1.54) is 30.5 Å².